The molecule has 7 nitrogen and oxygen atoms in total. The molecule has 33 heavy (non-hydrogen) atoms. The second-order valence-electron chi connectivity index (χ2n) is 7.79. The number of rotatable bonds is 5. The quantitative estimate of drug-likeness (QED) is 0.570. The molecule has 0 saturated carbocycles. The molecule has 10 heteroatoms. The van der Waals surface area contributed by atoms with Crippen molar-refractivity contribution < 1.29 is 18.7 Å². The summed E-state index contributed by atoms with van der Waals surface area (Å²) in [5.74, 6) is -2.55. The van der Waals surface area contributed by atoms with Gasteiger partial charge in [0.25, 0.3) is 5.91 Å². The van der Waals surface area contributed by atoms with E-state index in [2.05, 4.69) is 11.7 Å². The number of aliphatic hydroxyl groups excluding tert-OH is 1. The number of amides is 1. The number of halogens is 3. The van der Waals surface area contributed by atoms with Crippen LogP contribution in [0.3, 0.4) is 0 Å². The topological polar surface area (TPSA) is 80.4 Å². The smallest absolute Gasteiger partial charge is 0.350 e. The Morgan fingerprint density at radius 3 is 2.58 bits per heavy atom. The van der Waals surface area contributed by atoms with Crippen LogP contribution >= 0.6 is 11.6 Å². The SMILES string of the molecule is C=C(C)[C@@H]1CN(c2c(F)cccc2Cl)C(=O)c2cc(F)c(-n3nc(CO)n(CC)c3=O)cc21. The van der Waals surface area contributed by atoms with Crippen molar-refractivity contribution >= 4 is 23.2 Å². The molecule has 3 aromatic rings. The summed E-state index contributed by atoms with van der Waals surface area (Å²) in [5.41, 5.74) is 0.250. The number of hydrogen-bond donors (Lipinski definition) is 1. The maximum atomic E-state index is 15.2. The van der Waals surface area contributed by atoms with Crippen LogP contribution in [0.5, 0.6) is 0 Å². The van der Waals surface area contributed by atoms with Crippen molar-refractivity contribution in [3.63, 3.8) is 0 Å². The molecule has 0 spiro atoms. The summed E-state index contributed by atoms with van der Waals surface area (Å²) in [4.78, 5) is 27.2. The van der Waals surface area contributed by atoms with Crippen LogP contribution in [0.4, 0.5) is 14.5 Å². The molecule has 172 valence electrons. The fourth-order valence-corrected chi connectivity index (χ4v) is 4.38. The zero-order chi connectivity index (χ0) is 24.0. The van der Waals surface area contributed by atoms with Gasteiger partial charge in [-0.05, 0) is 43.7 Å². The number of aromatic nitrogens is 3. The molecular weight excluding hydrogens is 454 g/mol. The molecule has 0 radical (unpaired) electrons. The van der Waals surface area contributed by atoms with Crippen LogP contribution in [-0.2, 0) is 13.2 Å². The first-order valence-corrected chi connectivity index (χ1v) is 10.6. The average molecular weight is 475 g/mol. The number of aliphatic hydroxyl groups is 1. The van der Waals surface area contributed by atoms with Gasteiger partial charge < -0.3 is 10.0 Å². The summed E-state index contributed by atoms with van der Waals surface area (Å²) >= 11 is 6.18. The van der Waals surface area contributed by atoms with E-state index >= 15 is 4.39 Å². The first-order valence-electron chi connectivity index (χ1n) is 10.2. The van der Waals surface area contributed by atoms with Crippen molar-refractivity contribution in [1.29, 1.82) is 0 Å². The lowest BCUT2D eigenvalue weighted by atomic mass is 9.84. The third-order valence-electron chi connectivity index (χ3n) is 5.76. The fraction of sp³-hybridized carbons (Fsp3) is 0.261. The second kappa shape index (κ2) is 8.57. The average Bonchev–Trinajstić information content (AvgIpc) is 3.10. The summed E-state index contributed by atoms with van der Waals surface area (Å²) in [6.45, 7) is 7.22. The minimum Gasteiger partial charge on any atom is -0.388 e. The predicted molar refractivity (Wildman–Crippen MR) is 120 cm³/mol. The summed E-state index contributed by atoms with van der Waals surface area (Å²) in [6, 6.07) is 6.49. The van der Waals surface area contributed by atoms with Crippen molar-refractivity contribution in [2.75, 3.05) is 11.4 Å². The number of benzene rings is 2. The summed E-state index contributed by atoms with van der Waals surface area (Å²) < 4.78 is 31.9. The Balaban J connectivity index is 1.91. The first-order chi connectivity index (χ1) is 15.7. The predicted octanol–water partition coefficient (Wildman–Crippen LogP) is 3.80. The van der Waals surface area contributed by atoms with E-state index < -0.39 is 35.8 Å². The van der Waals surface area contributed by atoms with Crippen LogP contribution in [0.2, 0.25) is 5.02 Å². The molecule has 1 N–H and O–H groups in total. The standard InChI is InChI=1S/C23H21ClF2N4O3/c1-4-28-20(11-31)27-30(23(28)33)19-9-13-14(8-18(19)26)22(32)29(10-15(13)12(2)3)21-16(24)6-5-7-17(21)25/h5-9,15,31H,2,4,10-11H2,1,3H3/t15-/m0/s1. The second-order valence-corrected chi connectivity index (χ2v) is 8.20. The van der Waals surface area contributed by atoms with Crippen LogP contribution < -0.4 is 10.6 Å². The van der Waals surface area contributed by atoms with Crippen LogP contribution in [0.1, 0.15) is 41.5 Å². The molecule has 4 rings (SSSR count). The normalized spacial score (nSPS) is 15.6. The Morgan fingerprint density at radius 1 is 1.27 bits per heavy atom. The van der Waals surface area contributed by atoms with Gasteiger partial charge in [0.15, 0.2) is 5.82 Å². The third kappa shape index (κ3) is 3.67. The van der Waals surface area contributed by atoms with Crippen molar-refractivity contribution in [1.82, 2.24) is 14.3 Å². The highest BCUT2D eigenvalue weighted by Crippen LogP contribution is 2.39. The molecule has 0 aliphatic carbocycles. The molecule has 1 atom stereocenters. The van der Waals surface area contributed by atoms with Gasteiger partial charge in [-0.3, -0.25) is 9.36 Å². The molecule has 1 aliphatic rings. The van der Waals surface area contributed by atoms with Crippen molar-refractivity contribution in [3.8, 4) is 5.69 Å². The van der Waals surface area contributed by atoms with Gasteiger partial charge in [0, 0.05) is 24.6 Å². The monoisotopic (exact) mass is 474 g/mol. The molecule has 1 amide bonds. The summed E-state index contributed by atoms with van der Waals surface area (Å²) in [7, 11) is 0. The molecule has 0 bridgehead atoms. The highest BCUT2D eigenvalue weighted by molar-refractivity contribution is 6.34. The number of carbonyl (C=O) groups is 1. The molecule has 0 fully saturated rings. The maximum Gasteiger partial charge on any atom is 0.350 e. The van der Waals surface area contributed by atoms with Gasteiger partial charge in [-0.25, -0.2) is 13.6 Å². The number of carbonyl (C=O) groups excluding carboxylic acids is 1. The van der Waals surface area contributed by atoms with E-state index in [9.17, 15) is 19.1 Å². The lowest BCUT2D eigenvalue weighted by Gasteiger charge is -2.35. The van der Waals surface area contributed by atoms with E-state index in [1.54, 1.807) is 13.8 Å². The molecule has 1 aliphatic heterocycles. The Kier molecular flexibility index (Phi) is 5.94. The van der Waals surface area contributed by atoms with Crippen molar-refractivity contribution in [2.45, 2.75) is 32.9 Å². The van der Waals surface area contributed by atoms with E-state index in [1.165, 1.54) is 33.7 Å². The van der Waals surface area contributed by atoms with Crippen LogP contribution in [0.15, 0.2) is 47.3 Å². The largest absolute Gasteiger partial charge is 0.388 e. The fourth-order valence-electron chi connectivity index (χ4n) is 4.11. The van der Waals surface area contributed by atoms with E-state index in [1.807, 2.05) is 0 Å². The van der Waals surface area contributed by atoms with E-state index in [0.29, 0.717) is 11.1 Å². The molecular formula is C23H21ClF2N4O3. The zero-order valence-corrected chi connectivity index (χ0v) is 18.7. The van der Waals surface area contributed by atoms with Gasteiger partial charge in [0.1, 0.15) is 23.9 Å². The van der Waals surface area contributed by atoms with Crippen LogP contribution in [0, 0.1) is 11.6 Å². The van der Waals surface area contributed by atoms with Gasteiger partial charge in [0.2, 0.25) is 0 Å². The zero-order valence-electron chi connectivity index (χ0n) is 18.0. The minimum atomic E-state index is -0.864. The van der Waals surface area contributed by atoms with E-state index in [4.69, 9.17) is 11.6 Å². The highest BCUT2D eigenvalue weighted by atomic mass is 35.5. The van der Waals surface area contributed by atoms with Gasteiger partial charge in [-0.15, -0.1) is 5.10 Å². The van der Waals surface area contributed by atoms with E-state index in [-0.39, 0.29) is 40.9 Å². The number of hydrogen-bond acceptors (Lipinski definition) is 4. The number of anilines is 1. The van der Waals surface area contributed by atoms with Gasteiger partial charge in [0.05, 0.1) is 10.7 Å². The molecule has 0 unspecified atom stereocenters. The van der Waals surface area contributed by atoms with E-state index in [0.717, 1.165) is 10.7 Å². The highest BCUT2D eigenvalue weighted by Gasteiger charge is 2.36. The van der Waals surface area contributed by atoms with Gasteiger partial charge in [-0.2, -0.15) is 4.68 Å². The maximum absolute atomic E-state index is 15.2. The van der Waals surface area contributed by atoms with Crippen LogP contribution in [-0.4, -0.2) is 31.9 Å². The minimum absolute atomic E-state index is 0.0141. The van der Waals surface area contributed by atoms with Crippen molar-refractivity contribution in [3.05, 3.63) is 86.6 Å². The first kappa shape index (κ1) is 22.9. The van der Waals surface area contributed by atoms with Gasteiger partial charge in [-0.1, -0.05) is 29.8 Å². The van der Waals surface area contributed by atoms with Gasteiger partial charge >= 0.3 is 5.69 Å². The Bertz CT molecular complexity index is 1330. The number of para-hydroxylation sites is 1. The molecule has 2 aromatic carbocycles. The number of fused-ring (bicyclic) bond motifs is 1. The Morgan fingerprint density at radius 2 is 2.00 bits per heavy atom. The molecule has 2 heterocycles. The number of nitrogens with zero attached hydrogens (tertiary/aromatic N) is 4. The summed E-state index contributed by atoms with van der Waals surface area (Å²) in [5, 5.41) is 13.6. The van der Waals surface area contributed by atoms with Crippen molar-refractivity contribution in [2.24, 2.45) is 0 Å². The molecule has 0 saturated heterocycles. The van der Waals surface area contributed by atoms with Crippen LogP contribution in [0.25, 0.3) is 5.69 Å². The lowest BCUT2D eigenvalue weighted by Crippen LogP contribution is -2.41. The Hall–Kier alpha value is -3.30. The summed E-state index contributed by atoms with van der Waals surface area (Å²) in [6.07, 6.45) is 0. The Labute approximate surface area is 193 Å². The molecule has 1 aromatic heterocycles. The third-order valence-corrected chi connectivity index (χ3v) is 6.07. The lowest BCUT2D eigenvalue weighted by molar-refractivity contribution is 0.0976.